The highest BCUT2D eigenvalue weighted by Crippen LogP contribution is 2.27. The summed E-state index contributed by atoms with van der Waals surface area (Å²) in [6.45, 7) is 7.44. The van der Waals surface area contributed by atoms with Crippen molar-refractivity contribution in [3.63, 3.8) is 0 Å². The Kier molecular flexibility index (Phi) is 7.48. The molecule has 118 valence electrons. The van der Waals surface area contributed by atoms with Crippen LogP contribution in [0.25, 0.3) is 0 Å². The van der Waals surface area contributed by atoms with Crippen LogP contribution in [0.2, 0.25) is 0 Å². The lowest BCUT2D eigenvalue weighted by Crippen LogP contribution is -2.52. The first-order chi connectivity index (χ1) is 9.57. The number of esters is 1. The Hall–Kier alpha value is -0.650. The monoisotopic (exact) mass is 286 g/mol. The van der Waals surface area contributed by atoms with Gasteiger partial charge in [-0.3, -0.25) is 9.69 Å². The number of nitrogens with zero attached hydrogens (tertiary/aromatic N) is 1. The highest BCUT2D eigenvalue weighted by molar-refractivity contribution is 5.80. The molecule has 1 fully saturated rings. The van der Waals surface area contributed by atoms with Crippen molar-refractivity contribution in [1.82, 2.24) is 10.2 Å². The van der Waals surface area contributed by atoms with Crippen molar-refractivity contribution < 1.29 is 14.3 Å². The molecular weight excluding hydrogens is 256 g/mol. The summed E-state index contributed by atoms with van der Waals surface area (Å²) in [5.41, 5.74) is -0.592. The number of rotatable bonds is 11. The zero-order chi connectivity index (χ0) is 15.0. The third kappa shape index (κ3) is 5.38. The molecule has 1 unspecified atom stereocenters. The highest BCUT2D eigenvalue weighted by Gasteiger charge is 2.36. The third-order valence-corrected chi connectivity index (χ3v) is 3.95. The average Bonchev–Trinajstić information content (AvgIpc) is 3.28. The fourth-order valence-corrected chi connectivity index (χ4v) is 2.38. The standard InChI is InChI=1S/C15H30N2O3/c1-5-9-16-15(2,14(18)20-4)8-10-17(11-12-19-3)13-6-7-13/h13,16H,5-12H2,1-4H3. The van der Waals surface area contributed by atoms with Gasteiger partial charge in [0.15, 0.2) is 0 Å². The van der Waals surface area contributed by atoms with Crippen LogP contribution in [-0.2, 0) is 14.3 Å². The van der Waals surface area contributed by atoms with E-state index in [-0.39, 0.29) is 5.97 Å². The van der Waals surface area contributed by atoms with Gasteiger partial charge in [-0.2, -0.15) is 0 Å². The molecule has 1 rings (SSSR count). The zero-order valence-electron chi connectivity index (χ0n) is 13.4. The van der Waals surface area contributed by atoms with E-state index in [1.54, 1.807) is 7.11 Å². The molecule has 0 spiro atoms. The normalized spacial score (nSPS) is 18.1. The molecule has 1 saturated carbocycles. The summed E-state index contributed by atoms with van der Waals surface area (Å²) in [5.74, 6) is -0.173. The minimum atomic E-state index is -0.592. The minimum Gasteiger partial charge on any atom is -0.468 e. The van der Waals surface area contributed by atoms with Crippen LogP contribution in [-0.4, -0.2) is 62.9 Å². The van der Waals surface area contributed by atoms with Crippen molar-refractivity contribution in [2.24, 2.45) is 0 Å². The molecule has 0 amide bonds. The lowest BCUT2D eigenvalue weighted by Gasteiger charge is -2.31. The number of carbonyl (C=O) groups excluding carboxylic acids is 1. The Morgan fingerprint density at radius 2 is 2.05 bits per heavy atom. The molecule has 20 heavy (non-hydrogen) atoms. The SMILES string of the molecule is CCCNC(C)(CCN(CCOC)C1CC1)C(=O)OC. The summed E-state index contributed by atoms with van der Waals surface area (Å²) in [5, 5.41) is 3.33. The number of hydrogen-bond donors (Lipinski definition) is 1. The van der Waals surface area contributed by atoms with Crippen molar-refractivity contribution >= 4 is 5.97 Å². The van der Waals surface area contributed by atoms with Gasteiger partial charge in [0.25, 0.3) is 0 Å². The first-order valence-corrected chi connectivity index (χ1v) is 7.63. The van der Waals surface area contributed by atoms with E-state index in [1.165, 1.54) is 20.0 Å². The van der Waals surface area contributed by atoms with Crippen molar-refractivity contribution in [3.8, 4) is 0 Å². The van der Waals surface area contributed by atoms with Gasteiger partial charge < -0.3 is 14.8 Å². The molecule has 1 atom stereocenters. The van der Waals surface area contributed by atoms with Gasteiger partial charge in [0, 0.05) is 26.2 Å². The van der Waals surface area contributed by atoms with Crippen molar-refractivity contribution in [2.75, 3.05) is 40.5 Å². The van der Waals surface area contributed by atoms with Gasteiger partial charge in [-0.1, -0.05) is 6.92 Å². The molecule has 5 heteroatoms. The van der Waals surface area contributed by atoms with E-state index in [1.807, 2.05) is 6.92 Å². The van der Waals surface area contributed by atoms with Crippen LogP contribution in [0.5, 0.6) is 0 Å². The van der Waals surface area contributed by atoms with Crippen LogP contribution in [0, 0.1) is 0 Å². The van der Waals surface area contributed by atoms with Gasteiger partial charge in [-0.25, -0.2) is 0 Å². The zero-order valence-corrected chi connectivity index (χ0v) is 13.4. The molecule has 5 nitrogen and oxygen atoms in total. The van der Waals surface area contributed by atoms with Crippen molar-refractivity contribution in [3.05, 3.63) is 0 Å². The number of nitrogens with one attached hydrogen (secondary N) is 1. The van der Waals surface area contributed by atoms with E-state index >= 15 is 0 Å². The maximum absolute atomic E-state index is 12.0. The molecule has 0 aromatic carbocycles. The second-order valence-electron chi connectivity index (χ2n) is 5.76. The molecule has 0 aromatic heterocycles. The molecule has 0 aromatic rings. The Balaban J connectivity index is 2.52. The Labute approximate surface area is 123 Å². The minimum absolute atomic E-state index is 0.173. The van der Waals surface area contributed by atoms with E-state index in [0.717, 1.165) is 39.1 Å². The van der Waals surface area contributed by atoms with E-state index in [9.17, 15) is 4.79 Å². The summed E-state index contributed by atoms with van der Waals surface area (Å²) in [6.07, 6.45) is 4.30. The Morgan fingerprint density at radius 3 is 2.55 bits per heavy atom. The first-order valence-electron chi connectivity index (χ1n) is 7.63. The predicted molar refractivity (Wildman–Crippen MR) is 79.8 cm³/mol. The average molecular weight is 286 g/mol. The summed E-state index contributed by atoms with van der Waals surface area (Å²) in [6, 6.07) is 0.679. The van der Waals surface area contributed by atoms with Gasteiger partial charge in [-0.15, -0.1) is 0 Å². The van der Waals surface area contributed by atoms with Gasteiger partial charge in [-0.05, 0) is 39.2 Å². The second-order valence-corrected chi connectivity index (χ2v) is 5.76. The lowest BCUT2D eigenvalue weighted by atomic mass is 9.97. The van der Waals surface area contributed by atoms with E-state index < -0.39 is 5.54 Å². The third-order valence-electron chi connectivity index (χ3n) is 3.95. The van der Waals surface area contributed by atoms with Gasteiger partial charge in [0.05, 0.1) is 13.7 Å². The quantitative estimate of drug-likeness (QED) is 0.582. The maximum atomic E-state index is 12.0. The van der Waals surface area contributed by atoms with Crippen LogP contribution in [0.4, 0.5) is 0 Å². The summed E-state index contributed by atoms with van der Waals surface area (Å²) in [7, 11) is 3.18. The number of methoxy groups -OCH3 is 2. The lowest BCUT2D eigenvalue weighted by molar-refractivity contribution is -0.148. The van der Waals surface area contributed by atoms with E-state index in [0.29, 0.717) is 6.04 Å². The second kappa shape index (κ2) is 8.60. The first kappa shape index (κ1) is 17.4. The molecule has 0 saturated heterocycles. The molecular formula is C15H30N2O3. The molecule has 0 bridgehead atoms. The van der Waals surface area contributed by atoms with Crippen LogP contribution in [0.1, 0.15) is 39.5 Å². The maximum Gasteiger partial charge on any atom is 0.325 e. The summed E-state index contributed by atoms with van der Waals surface area (Å²) >= 11 is 0. The van der Waals surface area contributed by atoms with Crippen LogP contribution in [0.15, 0.2) is 0 Å². The Bertz CT molecular complexity index is 295. The predicted octanol–water partition coefficient (Wildman–Crippen LogP) is 1.42. The summed E-state index contributed by atoms with van der Waals surface area (Å²) < 4.78 is 10.1. The molecule has 1 aliphatic carbocycles. The van der Waals surface area contributed by atoms with Crippen molar-refractivity contribution in [2.45, 2.75) is 51.1 Å². The number of hydrogen-bond acceptors (Lipinski definition) is 5. The van der Waals surface area contributed by atoms with Crippen LogP contribution >= 0.6 is 0 Å². The van der Waals surface area contributed by atoms with Gasteiger partial charge in [0.2, 0.25) is 0 Å². The van der Waals surface area contributed by atoms with Crippen LogP contribution < -0.4 is 5.32 Å². The largest absolute Gasteiger partial charge is 0.468 e. The number of ether oxygens (including phenoxy) is 2. The van der Waals surface area contributed by atoms with Gasteiger partial charge in [0.1, 0.15) is 5.54 Å². The summed E-state index contributed by atoms with van der Waals surface area (Å²) in [4.78, 5) is 14.5. The smallest absolute Gasteiger partial charge is 0.325 e. The van der Waals surface area contributed by atoms with Crippen LogP contribution in [0.3, 0.4) is 0 Å². The molecule has 0 aliphatic heterocycles. The van der Waals surface area contributed by atoms with E-state index in [2.05, 4.69) is 17.1 Å². The van der Waals surface area contributed by atoms with E-state index in [4.69, 9.17) is 9.47 Å². The fourth-order valence-electron chi connectivity index (χ4n) is 2.38. The highest BCUT2D eigenvalue weighted by atomic mass is 16.5. The topological polar surface area (TPSA) is 50.8 Å². The molecule has 1 aliphatic rings. The molecule has 0 heterocycles. The van der Waals surface area contributed by atoms with Gasteiger partial charge >= 0.3 is 5.97 Å². The fraction of sp³-hybridized carbons (Fsp3) is 0.933. The molecule has 1 N–H and O–H groups in total. The number of carbonyl (C=O) groups is 1. The molecule has 0 radical (unpaired) electrons. The van der Waals surface area contributed by atoms with Crippen molar-refractivity contribution in [1.29, 1.82) is 0 Å². The Morgan fingerprint density at radius 1 is 1.35 bits per heavy atom.